The van der Waals surface area contributed by atoms with Gasteiger partial charge in [-0.2, -0.15) is 4.31 Å². The van der Waals surface area contributed by atoms with Crippen molar-refractivity contribution in [2.45, 2.75) is 11.8 Å². The van der Waals surface area contributed by atoms with Gasteiger partial charge in [-0.3, -0.25) is 0 Å². The first kappa shape index (κ1) is 14.8. The van der Waals surface area contributed by atoms with E-state index in [1.54, 1.807) is 19.1 Å². The fourth-order valence-corrected chi connectivity index (χ4v) is 4.44. The van der Waals surface area contributed by atoms with E-state index in [1.807, 2.05) is 7.05 Å². The van der Waals surface area contributed by atoms with E-state index >= 15 is 0 Å². The summed E-state index contributed by atoms with van der Waals surface area (Å²) < 4.78 is 27.5. The number of hydrogen-bond donors (Lipinski definition) is 1. The maximum Gasteiger partial charge on any atom is 0.243 e. The maximum absolute atomic E-state index is 12.7. The van der Waals surface area contributed by atoms with Gasteiger partial charge in [0.15, 0.2) is 0 Å². The van der Waals surface area contributed by atoms with Gasteiger partial charge in [0.25, 0.3) is 0 Å². The lowest BCUT2D eigenvalue weighted by molar-refractivity contribution is 0.222. The van der Waals surface area contributed by atoms with Crippen LogP contribution in [0.15, 0.2) is 21.5 Å². The summed E-state index contributed by atoms with van der Waals surface area (Å²) in [4.78, 5) is 2.41. The van der Waals surface area contributed by atoms with Gasteiger partial charge in [-0.15, -0.1) is 0 Å². The highest BCUT2D eigenvalue weighted by Gasteiger charge is 2.29. The largest absolute Gasteiger partial charge is 0.398 e. The average Bonchev–Trinajstić information content (AvgIpc) is 2.34. The lowest BCUT2D eigenvalue weighted by Gasteiger charge is -2.32. The summed E-state index contributed by atoms with van der Waals surface area (Å²) >= 11 is 3.30. The molecule has 1 aromatic rings. The number of benzene rings is 1. The summed E-state index contributed by atoms with van der Waals surface area (Å²) in [7, 11) is -1.47. The Hall–Kier alpha value is -0.630. The van der Waals surface area contributed by atoms with Crippen molar-refractivity contribution >= 4 is 31.6 Å². The van der Waals surface area contributed by atoms with Crippen molar-refractivity contribution in [3.05, 3.63) is 22.2 Å². The van der Waals surface area contributed by atoms with Crippen LogP contribution in [0, 0.1) is 6.92 Å². The quantitative estimate of drug-likeness (QED) is 0.818. The molecule has 1 aromatic carbocycles. The molecular formula is C12H18BrN3O2S. The molecule has 0 saturated carbocycles. The van der Waals surface area contributed by atoms with Crippen LogP contribution in [0.4, 0.5) is 5.69 Å². The molecule has 0 atom stereocenters. The Kier molecular flexibility index (Phi) is 4.20. The second-order valence-electron chi connectivity index (χ2n) is 4.83. The van der Waals surface area contributed by atoms with E-state index in [-0.39, 0.29) is 0 Å². The van der Waals surface area contributed by atoms with Crippen molar-refractivity contribution < 1.29 is 8.42 Å². The summed E-state index contributed by atoms with van der Waals surface area (Å²) in [5.74, 6) is 0. The van der Waals surface area contributed by atoms with Gasteiger partial charge in [0.2, 0.25) is 10.0 Å². The van der Waals surface area contributed by atoms with E-state index in [9.17, 15) is 8.42 Å². The van der Waals surface area contributed by atoms with Crippen LogP contribution in [0.2, 0.25) is 0 Å². The number of nitrogen functional groups attached to an aromatic ring is 1. The fourth-order valence-electron chi connectivity index (χ4n) is 2.11. The van der Waals surface area contributed by atoms with Crippen molar-refractivity contribution in [1.29, 1.82) is 0 Å². The Balaban J connectivity index is 2.40. The lowest BCUT2D eigenvalue weighted by Crippen LogP contribution is -2.47. The monoisotopic (exact) mass is 347 g/mol. The summed E-state index contributed by atoms with van der Waals surface area (Å²) in [6.45, 7) is 4.28. The first-order valence-corrected chi connectivity index (χ1v) is 8.30. The molecule has 0 aromatic heterocycles. The molecule has 106 valence electrons. The number of likely N-dealkylation sites (N-methyl/N-ethyl adjacent to an activating group) is 1. The molecule has 0 unspecified atom stereocenters. The summed E-state index contributed by atoms with van der Waals surface area (Å²) in [5, 5.41) is 0. The third kappa shape index (κ3) is 2.94. The van der Waals surface area contributed by atoms with Crippen LogP contribution >= 0.6 is 15.9 Å². The molecule has 0 radical (unpaired) electrons. The van der Waals surface area contributed by atoms with Crippen molar-refractivity contribution in [2.75, 3.05) is 39.0 Å². The molecule has 0 spiro atoms. The molecule has 1 heterocycles. The number of nitrogens with zero attached hydrogens (tertiary/aromatic N) is 2. The van der Waals surface area contributed by atoms with Crippen molar-refractivity contribution in [2.24, 2.45) is 0 Å². The number of rotatable bonds is 2. The maximum atomic E-state index is 12.7. The van der Waals surface area contributed by atoms with Crippen LogP contribution < -0.4 is 5.73 Å². The number of anilines is 1. The van der Waals surface area contributed by atoms with Crippen molar-refractivity contribution in [1.82, 2.24) is 9.21 Å². The van der Waals surface area contributed by atoms with E-state index in [1.165, 1.54) is 4.31 Å². The molecular weight excluding hydrogens is 330 g/mol. The predicted octanol–water partition coefficient (Wildman–Crippen LogP) is 1.28. The van der Waals surface area contributed by atoms with Crippen molar-refractivity contribution in [3.8, 4) is 0 Å². The van der Waals surface area contributed by atoms with Crippen LogP contribution in [-0.4, -0.2) is 50.8 Å². The van der Waals surface area contributed by atoms with Crippen LogP contribution in [0.5, 0.6) is 0 Å². The molecule has 0 aliphatic carbocycles. The average molecular weight is 348 g/mol. The Morgan fingerprint density at radius 2 is 1.79 bits per heavy atom. The molecule has 1 aliphatic heterocycles. The Bertz CT molecular complexity index is 581. The molecule has 7 heteroatoms. The Morgan fingerprint density at radius 1 is 1.21 bits per heavy atom. The molecule has 0 bridgehead atoms. The number of halogens is 1. The molecule has 1 saturated heterocycles. The second-order valence-corrected chi connectivity index (χ2v) is 7.65. The van der Waals surface area contributed by atoms with E-state index in [0.29, 0.717) is 33.7 Å². The van der Waals surface area contributed by atoms with E-state index in [4.69, 9.17) is 5.73 Å². The van der Waals surface area contributed by atoms with E-state index in [2.05, 4.69) is 20.8 Å². The minimum Gasteiger partial charge on any atom is -0.398 e. The Labute approximate surface area is 122 Å². The highest BCUT2D eigenvalue weighted by molar-refractivity contribution is 9.10. The third-order valence-electron chi connectivity index (χ3n) is 3.45. The summed E-state index contributed by atoms with van der Waals surface area (Å²) in [6, 6.07) is 3.34. The van der Waals surface area contributed by atoms with Crippen LogP contribution in [0.1, 0.15) is 5.56 Å². The highest BCUT2D eigenvalue weighted by Crippen LogP contribution is 2.28. The first-order chi connectivity index (χ1) is 8.82. The van der Waals surface area contributed by atoms with Gasteiger partial charge in [0.1, 0.15) is 0 Å². The van der Waals surface area contributed by atoms with Crippen LogP contribution in [-0.2, 0) is 10.0 Å². The zero-order valence-corrected chi connectivity index (χ0v) is 13.5. The van der Waals surface area contributed by atoms with E-state index in [0.717, 1.165) is 13.1 Å². The smallest absolute Gasteiger partial charge is 0.243 e. The summed E-state index contributed by atoms with van der Waals surface area (Å²) in [6.07, 6.45) is 0. The number of piperazine rings is 1. The standard InChI is InChI=1S/C12H18BrN3O2S/c1-9-11(14)7-10(13)8-12(9)19(17,18)16-5-3-15(2)4-6-16/h7-8H,3-6,14H2,1-2H3. The zero-order valence-electron chi connectivity index (χ0n) is 11.1. The van der Waals surface area contributed by atoms with Gasteiger partial charge in [-0.1, -0.05) is 15.9 Å². The zero-order chi connectivity index (χ0) is 14.2. The van der Waals surface area contributed by atoms with E-state index < -0.39 is 10.0 Å². The third-order valence-corrected chi connectivity index (χ3v) is 5.93. The fraction of sp³-hybridized carbons (Fsp3) is 0.500. The molecule has 19 heavy (non-hydrogen) atoms. The highest BCUT2D eigenvalue weighted by atomic mass is 79.9. The van der Waals surface area contributed by atoms with Gasteiger partial charge in [0.05, 0.1) is 4.90 Å². The molecule has 2 rings (SSSR count). The summed E-state index contributed by atoms with van der Waals surface area (Å²) in [5.41, 5.74) is 6.95. The normalized spacial score (nSPS) is 18.7. The van der Waals surface area contributed by atoms with Gasteiger partial charge in [-0.25, -0.2) is 8.42 Å². The van der Waals surface area contributed by atoms with Gasteiger partial charge in [0, 0.05) is 36.3 Å². The number of nitrogens with two attached hydrogens (primary N) is 1. The van der Waals surface area contributed by atoms with Crippen molar-refractivity contribution in [3.63, 3.8) is 0 Å². The number of hydrogen-bond acceptors (Lipinski definition) is 4. The Morgan fingerprint density at radius 3 is 2.37 bits per heavy atom. The molecule has 1 fully saturated rings. The van der Waals surface area contributed by atoms with Crippen LogP contribution in [0.25, 0.3) is 0 Å². The van der Waals surface area contributed by atoms with Gasteiger partial charge < -0.3 is 10.6 Å². The second kappa shape index (κ2) is 5.40. The first-order valence-electron chi connectivity index (χ1n) is 6.06. The molecule has 1 aliphatic rings. The van der Waals surface area contributed by atoms with Gasteiger partial charge in [-0.05, 0) is 31.7 Å². The van der Waals surface area contributed by atoms with Crippen LogP contribution in [0.3, 0.4) is 0 Å². The SMILES string of the molecule is Cc1c(N)cc(Br)cc1S(=O)(=O)N1CCN(C)CC1. The predicted molar refractivity (Wildman–Crippen MR) is 79.5 cm³/mol. The molecule has 5 nitrogen and oxygen atoms in total. The van der Waals surface area contributed by atoms with Gasteiger partial charge >= 0.3 is 0 Å². The molecule has 0 amide bonds. The minimum atomic E-state index is -3.46. The topological polar surface area (TPSA) is 66.6 Å². The number of sulfonamides is 1. The molecule has 2 N–H and O–H groups in total. The minimum absolute atomic E-state index is 0.295. The lowest BCUT2D eigenvalue weighted by atomic mass is 10.2.